The van der Waals surface area contributed by atoms with Gasteiger partial charge < -0.3 is 4.90 Å². The normalized spacial score (nSPS) is 12.5. The number of anilines is 3. The van der Waals surface area contributed by atoms with Gasteiger partial charge in [-0.15, -0.1) is 0 Å². The monoisotopic (exact) mass is 565 g/mol. The van der Waals surface area contributed by atoms with Gasteiger partial charge >= 0.3 is 0 Å². The van der Waals surface area contributed by atoms with Gasteiger partial charge in [0.25, 0.3) is 0 Å². The second-order valence-corrected chi connectivity index (χ2v) is 12.3. The van der Waals surface area contributed by atoms with Crippen LogP contribution in [0.15, 0.2) is 103 Å². The molecule has 0 N–H and O–H groups in total. The van der Waals surface area contributed by atoms with Crippen LogP contribution in [0, 0.1) is 41.5 Å². The minimum absolute atomic E-state index is 0.284. The van der Waals surface area contributed by atoms with Crippen molar-refractivity contribution in [2.45, 2.75) is 66.7 Å². The number of carbonyl (C=O) groups is 1. The molecule has 0 aliphatic carbocycles. The Kier molecular flexibility index (Phi) is 8.97. The Morgan fingerprint density at radius 2 is 1.23 bits per heavy atom. The Labute approximate surface area is 258 Å². The van der Waals surface area contributed by atoms with Crippen LogP contribution in [0.4, 0.5) is 17.1 Å². The molecule has 0 radical (unpaired) electrons. The summed E-state index contributed by atoms with van der Waals surface area (Å²) in [5, 5.41) is 0. The van der Waals surface area contributed by atoms with E-state index in [9.17, 15) is 4.79 Å². The van der Waals surface area contributed by atoms with Crippen LogP contribution < -0.4 is 4.90 Å². The van der Waals surface area contributed by atoms with Gasteiger partial charge in [0.2, 0.25) is 0 Å². The third kappa shape index (κ3) is 6.65. The van der Waals surface area contributed by atoms with Crippen LogP contribution in [0.1, 0.15) is 79.2 Å². The van der Waals surface area contributed by atoms with Crippen LogP contribution in [0.5, 0.6) is 0 Å². The lowest BCUT2D eigenvalue weighted by molar-refractivity contribution is 0.112. The maximum Gasteiger partial charge on any atom is 0.150 e. The van der Waals surface area contributed by atoms with E-state index < -0.39 is 0 Å². The van der Waals surface area contributed by atoms with Crippen LogP contribution in [0.2, 0.25) is 0 Å². The smallest absolute Gasteiger partial charge is 0.150 e. The van der Waals surface area contributed by atoms with Crippen molar-refractivity contribution in [3.63, 3.8) is 0 Å². The number of benzene rings is 5. The lowest BCUT2D eigenvalue weighted by Gasteiger charge is -2.31. The standard InChI is InChI=1S/C41H43NO/c1-27-11-8-14-35(19-27)40(25-34-17-18-36(26-43)30(4)22-34)33(7)39-23-32(6)41(24-31(39)5)42(37-15-9-12-28(2)20-37)38-16-10-13-29(3)21-38/h8-24,26,33,40H,25H2,1-7H3. The number of aldehydes is 1. The van der Waals surface area contributed by atoms with Gasteiger partial charge in [-0.3, -0.25) is 4.79 Å². The Balaban J connectivity index is 1.59. The Morgan fingerprint density at radius 3 is 1.79 bits per heavy atom. The highest BCUT2D eigenvalue weighted by molar-refractivity contribution is 5.80. The third-order valence-electron chi connectivity index (χ3n) is 8.83. The third-order valence-corrected chi connectivity index (χ3v) is 8.83. The van der Waals surface area contributed by atoms with Crippen LogP contribution >= 0.6 is 0 Å². The summed E-state index contributed by atoms with van der Waals surface area (Å²) in [7, 11) is 0. The average Bonchev–Trinajstić information content (AvgIpc) is 2.97. The molecule has 5 aromatic carbocycles. The van der Waals surface area contributed by atoms with Crippen molar-refractivity contribution >= 4 is 23.3 Å². The molecule has 0 spiro atoms. The summed E-state index contributed by atoms with van der Waals surface area (Å²) in [5.41, 5.74) is 15.6. The quantitative estimate of drug-likeness (QED) is 0.166. The average molecular weight is 566 g/mol. The molecule has 0 fully saturated rings. The highest BCUT2D eigenvalue weighted by Gasteiger charge is 2.25. The van der Waals surface area contributed by atoms with Crippen molar-refractivity contribution in [3.8, 4) is 0 Å². The summed E-state index contributed by atoms with van der Waals surface area (Å²) in [5.74, 6) is 0.571. The molecule has 2 heteroatoms. The lowest BCUT2D eigenvalue weighted by atomic mass is 9.77. The van der Waals surface area contributed by atoms with Crippen molar-refractivity contribution in [2.75, 3.05) is 4.90 Å². The topological polar surface area (TPSA) is 20.3 Å². The second-order valence-electron chi connectivity index (χ2n) is 12.3. The number of carbonyl (C=O) groups excluding carboxylic acids is 1. The molecule has 0 aromatic heterocycles. The number of rotatable bonds is 9. The molecule has 43 heavy (non-hydrogen) atoms. The Hall–Kier alpha value is -4.43. The van der Waals surface area contributed by atoms with Gasteiger partial charge in [0, 0.05) is 22.6 Å². The Morgan fingerprint density at radius 1 is 0.628 bits per heavy atom. The van der Waals surface area contributed by atoms with Gasteiger partial charge in [-0.1, -0.05) is 85.3 Å². The zero-order chi connectivity index (χ0) is 30.7. The van der Waals surface area contributed by atoms with E-state index >= 15 is 0 Å². The van der Waals surface area contributed by atoms with Crippen LogP contribution in [-0.2, 0) is 6.42 Å². The summed E-state index contributed by atoms with van der Waals surface area (Å²) in [6.07, 6.45) is 1.85. The minimum Gasteiger partial charge on any atom is -0.310 e. The summed E-state index contributed by atoms with van der Waals surface area (Å²) < 4.78 is 0. The van der Waals surface area contributed by atoms with Gasteiger partial charge in [-0.25, -0.2) is 0 Å². The largest absolute Gasteiger partial charge is 0.310 e. The van der Waals surface area contributed by atoms with Crippen LogP contribution in [0.25, 0.3) is 0 Å². The maximum atomic E-state index is 11.5. The van der Waals surface area contributed by atoms with Crippen molar-refractivity contribution in [1.82, 2.24) is 0 Å². The second kappa shape index (κ2) is 12.8. The van der Waals surface area contributed by atoms with Crippen molar-refractivity contribution in [3.05, 3.63) is 159 Å². The van der Waals surface area contributed by atoms with Gasteiger partial charge in [0.05, 0.1) is 0 Å². The molecular formula is C41H43NO. The van der Waals surface area contributed by atoms with Gasteiger partial charge in [-0.05, 0) is 135 Å². The van der Waals surface area contributed by atoms with Crippen molar-refractivity contribution < 1.29 is 4.79 Å². The van der Waals surface area contributed by atoms with Crippen molar-refractivity contribution in [2.24, 2.45) is 0 Å². The van der Waals surface area contributed by atoms with Gasteiger partial charge in [0.1, 0.15) is 6.29 Å². The first-order valence-corrected chi connectivity index (χ1v) is 15.3. The van der Waals surface area contributed by atoms with E-state index in [1.165, 1.54) is 61.6 Å². The lowest BCUT2D eigenvalue weighted by Crippen LogP contribution is -2.16. The van der Waals surface area contributed by atoms with Crippen LogP contribution in [-0.4, -0.2) is 6.29 Å². The molecule has 0 aliphatic rings. The molecule has 5 aromatic rings. The van der Waals surface area contributed by atoms with E-state index in [2.05, 4.69) is 144 Å². The molecule has 2 nitrogen and oxygen atoms in total. The van der Waals surface area contributed by atoms with E-state index in [-0.39, 0.29) is 11.8 Å². The fraction of sp³-hybridized carbons (Fsp3) is 0.244. The summed E-state index contributed by atoms with van der Waals surface area (Å²) in [6, 6.07) is 37.5. The minimum atomic E-state index is 0.284. The highest BCUT2D eigenvalue weighted by Crippen LogP contribution is 2.42. The van der Waals surface area contributed by atoms with E-state index in [4.69, 9.17) is 0 Å². The molecule has 0 bridgehead atoms. The number of hydrogen-bond acceptors (Lipinski definition) is 2. The Bertz CT molecular complexity index is 1720. The predicted octanol–water partition coefficient (Wildman–Crippen LogP) is 10.9. The molecule has 0 saturated heterocycles. The molecule has 2 unspecified atom stereocenters. The van der Waals surface area contributed by atoms with Crippen molar-refractivity contribution in [1.29, 1.82) is 0 Å². The van der Waals surface area contributed by atoms with Gasteiger partial charge in [0.15, 0.2) is 0 Å². The molecule has 0 aliphatic heterocycles. The van der Waals surface area contributed by atoms with E-state index in [0.29, 0.717) is 0 Å². The predicted molar refractivity (Wildman–Crippen MR) is 183 cm³/mol. The summed E-state index contributed by atoms with van der Waals surface area (Å²) in [6.45, 7) is 15.4. The molecule has 218 valence electrons. The van der Waals surface area contributed by atoms with E-state index in [1.54, 1.807) is 0 Å². The molecular weight excluding hydrogens is 522 g/mol. The zero-order valence-corrected chi connectivity index (χ0v) is 26.6. The number of hydrogen-bond donors (Lipinski definition) is 0. The summed E-state index contributed by atoms with van der Waals surface area (Å²) in [4.78, 5) is 13.9. The maximum absolute atomic E-state index is 11.5. The molecule has 0 heterocycles. The molecule has 0 saturated carbocycles. The first-order valence-electron chi connectivity index (χ1n) is 15.3. The number of aryl methyl sites for hydroxylation is 6. The summed E-state index contributed by atoms with van der Waals surface area (Å²) >= 11 is 0. The molecule has 2 atom stereocenters. The van der Waals surface area contributed by atoms with Gasteiger partial charge in [-0.2, -0.15) is 0 Å². The SMILES string of the molecule is Cc1cccc(C(Cc2ccc(C=O)c(C)c2)C(C)c2cc(C)c(N(c3cccc(C)c3)c3cccc(C)c3)cc2C)c1. The van der Waals surface area contributed by atoms with E-state index in [0.717, 1.165) is 23.8 Å². The molecule has 5 rings (SSSR count). The fourth-order valence-electron chi connectivity index (χ4n) is 6.47. The first kappa shape index (κ1) is 30.0. The molecule has 0 amide bonds. The zero-order valence-electron chi connectivity index (χ0n) is 26.6. The van der Waals surface area contributed by atoms with E-state index in [1.807, 2.05) is 13.0 Å². The van der Waals surface area contributed by atoms with Crippen LogP contribution in [0.3, 0.4) is 0 Å². The number of nitrogens with zero attached hydrogens (tertiary/aromatic N) is 1. The highest BCUT2D eigenvalue weighted by atomic mass is 16.1. The first-order chi connectivity index (χ1) is 20.6. The fourth-order valence-corrected chi connectivity index (χ4v) is 6.47.